The maximum Gasteiger partial charge on any atom is 0.408 e. The van der Waals surface area contributed by atoms with Gasteiger partial charge >= 0.3 is 6.09 Å². The fraction of sp³-hybridized carbons (Fsp3) is 0.882. The van der Waals surface area contributed by atoms with Crippen LogP contribution in [-0.4, -0.2) is 54.8 Å². The molecule has 0 aromatic heterocycles. The summed E-state index contributed by atoms with van der Waals surface area (Å²) >= 11 is 1.87. The normalized spacial score (nSPS) is 12.2. The number of rotatable bonds is 9. The van der Waals surface area contributed by atoms with Crippen molar-refractivity contribution in [3.05, 3.63) is 0 Å². The number of carbonyl (C=O) groups is 1. The Morgan fingerprint density at radius 1 is 1.12 bits per heavy atom. The molecule has 25 heavy (non-hydrogen) atoms. The summed E-state index contributed by atoms with van der Waals surface area (Å²) < 4.78 is 5.30. The lowest BCUT2D eigenvalue weighted by Crippen LogP contribution is -2.49. The molecule has 3 N–H and O–H groups in total. The number of unbranched alkanes of at least 4 members (excludes halogenated alkanes) is 1. The summed E-state index contributed by atoms with van der Waals surface area (Å²) in [5.74, 6) is 1.96. The molecule has 6 nitrogen and oxygen atoms in total. The third-order valence-corrected chi connectivity index (χ3v) is 3.58. The lowest BCUT2D eigenvalue weighted by atomic mass is 10.1. The number of thioether (sulfide) groups is 1. The summed E-state index contributed by atoms with van der Waals surface area (Å²) in [7, 11) is 0. The van der Waals surface area contributed by atoms with E-state index in [1.165, 1.54) is 12.2 Å². The van der Waals surface area contributed by atoms with Crippen molar-refractivity contribution in [3.63, 3.8) is 0 Å². The molecule has 0 spiro atoms. The number of hydrogen-bond acceptors (Lipinski definition) is 4. The summed E-state index contributed by atoms with van der Waals surface area (Å²) in [5, 5.41) is 9.42. The lowest BCUT2D eigenvalue weighted by molar-refractivity contribution is 0.0476. The number of guanidine groups is 1. The molecule has 0 aromatic rings. The quantitative estimate of drug-likeness (QED) is 0.200. The van der Waals surface area contributed by atoms with Crippen molar-refractivity contribution >= 4 is 47.8 Å². The van der Waals surface area contributed by atoms with Gasteiger partial charge in [0.25, 0.3) is 0 Å². The molecule has 0 rings (SSSR count). The van der Waals surface area contributed by atoms with E-state index in [2.05, 4.69) is 27.2 Å². The second-order valence-corrected chi connectivity index (χ2v) is 8.32. The van der Waals surface area contributed by atoms with Gasteiger partial charge in [-0.15, -0.1) is 24.0 Å². The van der Waals surface area contributed by atoms with Gasteiger partial charge in [0.15, 0.2) is 5.96 Å². The summed E-state index contributed by atoms with van der Waals surface area (Å²) in [6.07, 6.45) is 4.01. The number of ether oxygens (including phenoxy) is 1. The van der Waals surface area contributed by atoms with Gasteiger partial charge in [-0.3, -0.25) is 4.99 Å². The van der Waals surface area contributed by atoms with Crippen molar-refractivity contribution in [2.24, 2.45) is 4.99 Å². The van der Waals surface area contributed by atoms with Gasteiger partial charge in [0.2, 0.25) is 0 Å². The maximum atomic E-state index is 11.9. The second-order valence-electron chi connectivity index (χ2n) is 7.33. The zero-order chi connectivity index (χ0) is 18.6. The fourth-order valence-corrected chi connectivity index (χ4v) is 2.31. The zero-order valence-corrected chi connectivity index (χ0v) is 20.0. The Kier molecular flexibility index (Phi) is 14.8. The first-order chi connectivity index (χ1) is 11.1. The summed E-state index contributed by atoms with van der Waals surface area (Å²) in [5.41, 5.74) is -0.986. The SMILES string of the molecule is CCNC(=NCC(C)(C)NC(=O)OC(C)(C)C)NCCCCSC.I. The second kappa shape index (κ2) is 13.8. The topological polar surface area (TPSA) is 74.8 Å². The van der Waals surface area contributed by atoms with E-state index in [9.17, 15) is 4.79 Å². The molecular formula is C17H37IN4O2S. The van der Waals surface area contributed by atoms with Crippen molar-refractivity contribution in [3.8, 4) is 0 Å². The van der Waals surface area contributed by atoms with E-state index in [0.717, 1.165) is 25.5 Å². The first-order valence-corrected chi connectivity index (χ1v) is 10.0. The number of nitrogens with zero attached hydrogens (tertiary/aromatic N) is 1. The van der Waals surface area contributed by atoms with Crippen LogP contribution in [0, 0.1) is 0 Å². The highest BCUT2D eigenvalue weighted by Crippen LogP contribution is 2.09. The van der Waals surface area contributed by atoms with E-state index in [1.54, 1.807) is 0 Å². The van der Waals surface area contributed by atoms with Crippen LogP contribution in [0.1, 0.15) is 54.4 Å². The molecule has 0 heterocycles. The Morgan fingerprint density at radius 3 is 2.28 bits per heavy atom. The standard InChI is InChI=1S/C17H36N4O2S.HI/c1-8-18-14(19-11-9-10-12-24-7)20-13-17(5,6)21-15(22)23-16(2,3)4;/h8-13H2,1-7H3,(H,21,22)(H2,18,19,20);1H. The van der Waals surface area contributed by atoms with Crippen LogP contribution in [0.2, 0.25) is 0 Å². The summed E-state index contributed by atoms with van der Waals surface area (Å²) in [4.78, 5) is 16.5. The molecule has 0 bridgehead atoms. The lowest BCUT2D eigenvalue weighted by Gasteiger charge is -2.27. The first-order valence-electron chi connectivity index (χ1n) is 8.62. The van der Waals surface area contributed by atoms with Crippen LogP contribution >= 0.6 is 35.7 Å². The van der Waals surface area contributed by atoms with Gasteiger partial charge in [0, 0.05) is 13.1 Å². The Hall–Kier alpha value is -0.380. The number of hydrogen-bond donors (Lipinski definition) is 3. The molecule has 1 amide bonds. The molecule has 150 valence electrons. The smallest absolute Gasteiger partial charge is 0.408 e. The van der Waals surface area contributed by atoms with Crippen LogP contribution in [0.3, 0.4) is 0 Å². The third kappa shape index (κ3) is 16.8. The highest BCUT2D eigenvalue weighted by Gasteiger charge is 2.24. The third-order valence-electron chi connectivity index (χ3n) is 2.88. The van der Waals surface area contributed by atoms with Crippen LogP contribution in [0.15, 0.2) is 4.99 Å². The number of halogens is 1. The van der Waals surface area contributed by atoms with E-state index in [4.69, 9.17) is 4.74 Å². The monoisotopic (exact) mass is 488 g/mol. The number of nitrogens with one attached hydrogen (secondary N) is 3. The minimum atomic E-state index is -0.503. The molecule has 0 aliphatic heterocycles. The van der Waals surface area contributed by atoms with Crippen molar-refractivity contribution in [1.29, 1.82) is 0 Å². The van der Waals surface area contributed by atoms with Crippen LogP contribution in [0.25, 0.3) is 0 Å². The minimum Gasteiger partial charge on any atom is -0.444 e. The van der Waals surface area contributed by atoms with Gasteiger partial charge in [-0.1, -0.05) is 0 Å². The maximum absolute atomic E-state index is 11.9. The minimum absolute atomic E-state index is 0. The number of carbonyl (C=O) groups excluding carboxylic acids is 1. The summed E-state index contributed by atoms with van der Waals surface area (Å²) in [6.45, 7) is 13.6. The van der Waals surface area contributed by atoms with Crippen molar-refractivity contribution < 1.29 is 9.53 Å². The molecular weight excluding hydrogens is 451 g/mol. The molecule has 0 saturated heterocycles. The number of alkyl carbamates (subject to hydrolysis) is 1. The average Bonchev–Trinajstić information content (AvgIpc) is 2.41. The molecule has 0 saturated carbocycles. The number of aliphatic imine (C=N–C) groups is 1. The van der Waals surface area contributed by atoms with E-state index in [1.807, 2.05) is 53.3 Å². The van der Waals surface area contributed by atoms with E-state index in [-0.39, 0.29) is 24.0 Å². The van der Waals surface area contributed by atoms with Gasteiger partial charge in [-0.05, 0) is 66.4 Å². The van der Waals surface area contributed by atoms with Crippen molar-refractivity contribution in [1.82, 2.24) is 16.0 Å². The number of amides is 1. The predicted octanol–water partition coefficient (Wildman–Crippen LogP) is 3.61. The molecule has 8 heteroatoms. The van der Waals surface area contributed by atoms with Crippen molar-refractivity contribution in [2.45, 2.75) is 65.5 Å². The van der Waals surface area contributed by atoms with Gasteiger partial charge in [0.05, 0.1) is 12.1 Å². The van der Waals surface area contributed by atoms with Crippen LogP contribution in [0.4, 0.5) is 4.79 Å². The van der Waals surface area contributed by atoms with E-state index < -0.39 is 17.2 Å². The Morgan fingerprint density at radius 2 is 1.76 bits per heavy atom. The largest absolute Gasteiger partial charge is 0.444 e. The van der Waals surface area contributed by atoms with Crippen LogP contribution in [0.5, 0.6) is 0 Å². The van der Waals surface area contributed by atoms with Gasteiger partial charge in [-0.2, -0.15) is 11.8 Å². The molecule has 0 aliphatic rings. The van der Waals surface area contributed by atoms with E-state index >= 15 is 0 Å². The van der Waals surface area contributed by atoms with Gasteiger partial charge < -0.3 is 20.7 Å². The molecule has 0 fully saturated rings. The average molecular weight is 488 g/mol. The molecule has 0 aromatic carbocycles. The fourth-order valence-electron chi connectivity index (χ4n) is 1.82. The Bertz CT molecular complexity index is 399. The highest BCUT2D eigenvalue weighted by atomic mass is 127. The predicted molar refractivity (Wildman–Crippen MR) is 120 cm³/mol. The van der Waals surface area contributed by atoms with Gasteiger partial charge in [-0.25, -0.2) is 4.79 Å². The summed E-state index contributed by atoms with van der Waals surface area (Å²) in [6, 6.07) is 0. The van der Waals surface area contributed by atoms with Crippen LogP contribution < -0.4 is 16.0 Å². The Labute approximate surface area is 175 Å². The zero-order valence-electron chi connectivity index (χ0n) is 16.8. The molecule has 0 unspecified atom stereocenters. The first kappa shape index (κ1) is 26.8. The van der Waals surface area contributed by atoms with Crippen LogP contribution in [-0.2, 0) is 4.74 Å². The molecule has 0 radical (unpaired) electrons. The molecule has 0 aliphatic carbocycles. The van der Waals surface area contributed by atoms with Crippen molar-refractivity contribution in [2.75, 3.05) is 31.6 Å². The molecule has 0 atom stereocenters. The highest BCUT2D eigenvalue weighted by molar-refractivity contribution is 14.0. The van der Waals surface area contributed by atoms with Gasteiger partial charge in [0.1, 0.15) is 5.60 Å². The Balaban J connectivity index is 0. The van der Waals surface area contributed by atoms with E-state index in [0.29, 0.717) is 6.54 Å².